The Morgan fingerprint density at radius 1 is 1.00 bits per heavy atom. The highest BCUT2D eigenvalue weighted by atomic mass is 32.2. The number of hydrogen-bond acceptors (Lipinski definition) is 5. The van der Waals surface area contributed by atoms with Gasteiger partial charge in [-0.25, -0.2) is 0 Å². The molecular formula is C19H34N2O2S. The fourth-order valence-electron chi connectivity index (χ4n) is 2.38. The van der Waals surface area contributed by atoms with E-state index in [4.69, 9.17) is 20.9 Å². The van der Waals surface area contributed by atoms with Gasteiger partial charge in [-0.05, 0) is 58.2 Å². The summed E-state index contributed by atoms with van der Waals surface area (Å²) in [4.78, 5) is -0.738. The minimum Gasteiger partial charge on any atom is -0.477 e. The number of nitrogens with two attached hydrogens (primary N) is 2. The summed E-state index contributed by atoms with van der Waals surface area (Å²) in [6, 6.07) is 8.10. The molecule has 0 fully saturated rings. The van der Waals surface area contributed by atoms with Crippen LogP contribution in [0.1, 0.15) is 59.9 Å². The lowest BCUT2D eigenvalue weighted by atomic mass is 9.91. The van der Waals surface area contributed by atoms with Crippen molar-refractivity contribution in [3.63, 3.8) is 0 Å². The number of hydrogen-bond donors (Lipinski definition) is 2. The zero-order valence-electron chi connectivity index (χ0n) is 16.0. The molecule has 4 nitrogen and oxygen atoms in total. The van der Waals surface area contributed by atoms with Crippen LogP contribution in [0.5, 0.6) is 5.75 Å². The van der Waals surface area contributed by atoms with Gasteiger partial charge in [-0.2, -0.15) is 0 Å². The van der Waals surface area contributed by atoms with Crippen molar-refractivity contribution in [2.75, 3.05) is 13.2 Å². The van der Waals surface area contributed by atoms with Crippen LogP contribution in [0.25, 0.3) is 0 Å². The molecule has 0 bridgehead atoms. The van der Waals surface area contributed by atoms with Crippen LogP contribution in [0, 0.1) is 0 Å². The van der Waals surface area contributed by atoms with Gasteiger partial charge in [-0.15, -0.1) is 0 Å². The molecule has 4 N–H and O–H groups in total. The molecule has 0 aliphatic rings. The molecule has 0 saturated heterocycles. The molecule has 0 spiro atoms. The van der Waals surface area contributed by atoms with Gasteiger partial charge in [0.2, 0.25) is 0 Å². The van der Waals surface area contributed by atoms with Crippen LogP contribution in [0.2, 0.25) is 0 Å². The lowest BCUT2D eigenvalue weighted by Gasteiger charge is -2.36. The van der Waals surface area contributed by atoms with Gasteiger partial charge in [0.05, 0.1) is 6.61 Å². The highest BCUT2D eigenvalue weighted by Gasteiger charge is 2.34. The largest absolute Gasteiger partial charge is 0.477 e. The molecule has 0 aliphatic heterocycles. The van der Waals surface area contributed by atoms with Crippen molar-refractivity contribution in [3.8, 4) is 5.75 Å². The van der Waals surface area contributed by atoms with E-state index in [2.05, 4.69) is 46.8 Å². The van der Waals surface area contributed by atoms with Gasteiger partial charge in [0.15, 0.2) is 4.93 Å². The Balaban J connectivity index is 2.83. The van der Waals surface area contributed by atoms with Crippen LogP contribution in [0.4, 0.5) is 0 Å². The average molecular weight is 355 g/mol. The fraction of sp³-hybridized carbons (Fsp3) is 0.684. The van der Waals surface area contributed by atoms with Gasteiger partial charge in [-0.3, -0.25) is 0 Å². The van der Waals surface area contributed by atoms with Crippen molar-refractivity contribution in [1.29, 1.82) is 0 Å². The fourth-order valence-corrected chi connectivity index (χ4v) is 3.84. The summed E-state index contributed by atoms with van der Waals surface area (Å²) in [5.41, 5.74) is 12.7. The van der Waals surface area contributed by atoms with Gasteiger partial charge in [-0.1, -0.05) is 37.7 Å². The van der Waals surface area contributed by atoms with E-state index in [1.807, 2.05) is 19.1 Å². The van der Waals surface area contributed by atoms with Crippen molar-refractivity contribution < 1.29 is 9.47 Å². The van der Waals surface area contributed by atoms with E-state index < -0.39 is 0 Å². The van der Waals surface area contributed by atoms with E-state index in [0.29, 0.717) is 13.2 Å². The van der Waals surface area contributed by atoms with Crippen LogP contribution in [-0.4, -0.2) is 23.0 Å². The zero-order valence-corrected chi connectivity index (χ0v) is 16.8. The standard InChI is InChI=1S/C19H34N2O2S/c1-7-18(5,21)15-9-11-16(12-10-15)23-19(6,8-2)24-17(3,4)22-14-13-20/h9-12H,7-8,13-14,20-21H2,1-6H3. The Morgan fingerprint density at radius 2 is 1.58 bits per heavy atom. The van der Waals surface area contributed by atoms with E-state index in [1.54, 1.807) is 11.8 Å². The quantitative estimate of drug-likeness (QED) is 0.616. The van der Waals surface area contributed by atoms with Crippen molar-refractivity contribution in [2.24, 2.45) is 11.5 Å². The van der Waals surface area contributed by atoms with E-state index in [9.17, 15) is 0 Å². The van der Waals surface area contributed by atoms with E-state index in [0.717, 1.165) is 24.2 Å². The van der Waals surface area contributed by atoms with E-state index >= 15 is 0 Å². The molecule has 2 atom stereocenters. The highest BCUT2D eigenvalue weighted by Crippen LogP contribution is 2.41. The summed E-state index contributed by atoms with van der Waals surface area (Å²) in [7, 11) is 0. The first-order chi connectivity index (χ1) is 11.1. The van der Waals surface area contributed by atoms with E-state index in [-0.39, 0.29) is 15.4 Å². The summed E-state index contributed by atoms with van der Waals surface area (Å²) in [5.74, 6) is 0.845. The molecule has 0 amide bonds. The molecule has 0 saturated carbocycles. The smallest absolute Gasteiger partial charge is 0.154 e. The molecule has 1 aromatic carbocycles. The molecule has 1 rings (SSSR count). The van der Waals surface area contributed by atoms with Gasteiger partial charge >= 0.3 is 0 Å². The Labute approximate surface area is 151 Å². The number of rotatable bonds is 10. The minimum atomic E-state index is -0.379. The predicted octanol–water partition coefficient (Wildman–Crippen LogP) is 4.22. The Hall–Kier alpha value is -0.750. The molecule has 24 heavy (non-hydrogen) atoms. The van der Waals surface area contributed by atoms with Crippen molar-refractivity contribution in [3.05, 3.63) is 29.8 Å². The Morgan fingerprint density at radius 3 is 2.04 bits per heavy atom. The third-order valence-electron chi connectivity index (χ3n) is 4.25. The summed E-state index contributed by atoms with van der Waals surface area (Å²) in [5, 5.41) is 0. The van der Waals surface area contributed by atoms with Crippen molar-refractivity contribution >= 4 is 11.8 Å². The molecule has 5 heteroatoms. The van der Waals surface area contributed by atoms with E-state index in [1.165, 1.54) is 0 Å². The van der Waals surface area contributed by atoms with Crippen molar-refractivity contribution in [2.45, 2.75) is 69.8 Å². The second-order valence-corrected chi connectivity index (χ2v) is 9.07. The maximum Gasteiger partial charge on any atom is 0.154 e. The normalized spacial score (nSPS) is 17.2. The Kier molecular flexibility index (Phi) is 7.60. The average Bonchev–Trinajstić information content (AvgIpc) is 2.53. The van der Waals surface area contributed by atoms with Gasteiger partial charge in [0.25, 0.3) is 0 Å². The molecule has 138 valence electrons. The third-order valence-corrected chi connectivity index (χ3v) is 5.67. The van der Waals surface area contributed by atoms with Crippen molar-refractivity contribution in [1.82, 2.24) is 0 Å². The summed E-state index contributed by atoms with van der Waals surface area (Å²) in [6.07, 6.45) is 1.75. The molecule has 0 radical (unpaired) electrons. The van der Waals surface area contributed by atoms with Crippen LogP contribution in [0.3, 0.4) is 0 Å². The van der Waals surface area contributed by atoms with Crippen LogP contribution < -0.4 is 16.2 Å². The molecule has 0 aliphatic carbocycles. The topological polar surface area (TPSA) is 70.5 Å². The molecule has 0 heterocycles. The SMILES string of the molecule is CCC(C)(Oc1ccc(C(C)(N)CC)cc1)SC(C)(C)OCCN. The first-order valence-corrected chi connectivity index (χ1v) is 9.52. The molecule has 2 unspecified atom stereocenters. The minimum absolute atomic E-state index is 0.306. The maximum absolute atomic E-state index is 6.30. The summed E-state index contributed by atoms with van der Waals surface area (Å²) < 4.78 is 12.1. The zero-order chi connectivity index (χ0) is 18.4. The molecule has 1 aromatic rings. The monoisotopic (exact) mass is 354 g/mol. The third kappa shape index (κ3) is 6.28. The number of ether oxygens (including phenoxy) is 2. The molecule has 0 aromatic heterocycles. The maximum atomic E-state index is 6.30. The van der Waals surface area contributed by atoms with Crippen LogP contribution >= 0.6 is 11.8 Å². The number of benzene rings is 1. The second-order valence-electron chi connectivity index (χ2n) is 7.02. The lowest BCUT2D eigenvalue weighted by Crippen LogP contribution is -2.36. The van der Waals surface area contributed by atoms with Gasteiger partial charge in [0.1, 0.15) is 10.7 Å². The van der Waals surface area contributed by atoms with Gasteiger partial charge in [0, 0.05) is 12.1 Å². The van der Waals surface area contributed by atoms with Crippen LogP contribution in [-0.2, 0) is 10.3 Å². The van der Waals surface area contributed by atoms with Gasteiger partial charge < -0.3 is 20.9 Å². The van der Waals surface area contributed by atoms with Crippen LogP contribution in [0.15, 0.2) is 24.3 Å². The lowest BCUT2D eigenvalue weighted by molar-refractivity contribution is 0.0522. The Bertz CT molecular complexity index is 503. The first-order valence-electron chi connectivity index (χ1n) is 8.70. The highest BCUT2D eigenvalue weighted by molar-refractivity contribution is 8.01. The second kappa shape index (κ2) is 8.56. The first kappa shape index (κ1) is 21.3. The molecular weight excluding hydrogens is 320 g/mol. The predicted molar refractivity (Wildman–Crippen MR) is 104 cm³/mol. The summed E-state index contributed by atoms with van der Waals surface area (Å²) in [6.45, 7) is 13.5. The number of thioether (sulfide) groups is 1. The summed E-state index contributed by atoms with van der Waals surface area (Å²) >= 11 is 1.67.